The van der Waals surface area contributed by atoms with Gasteiger partial charge < -0.3 is 9.88 Å². The van der Waals surface area contributed by atoms with Gasteiger partial charge in [0.25, 0.3) is 5.56 Å². The molecule has 5 nitrogen and oxygen atoms in total. The molecule has 0 aromatic carbocycles. The fraction of sp³-hybridized carbons (Fsp3) is 0.417. The van der Waals surface area contributed by atoms with E-state index in [-0.39, 0.29) is 11.6 Å². The average molecular weight is 264 g/mol. The molecule has 0 spiro atoms. The molecule has 1 N–H and O–H groups in total. The molecule has 0 aliphatic carbocycles. The Morgan fingerprint density at radius 3 is 2.83 bits per heavy atom. The zero-order valence-corrected chi connectivity index (χ0v) is 11.5. The maximum Gasteiger partial charge on any atom is 0.293 e. The zero-order chi connectivity index (χ0) is 13.1. The van der Waals surface area contributed by atoms with Gasteiger partial charge in [-0.3, -0.25) is 4.79 Å². The third-order valence-electron chi connectivity index (χ3n) is 2.69. The number of nitrogens with one attached hydrogen (secondary N) is 1. The van der Waals surface area contributed by atoms with Gasteiger partial charge in [-0.25, -0.2) is 9.97 Å². The van der Waals surface area contributed by atoms with Crippen LogP contribution in [0.1, 0.15) is 30.5 Å². The van der Waals surface area contributed by atoms with Gasteiger partial charge in [-0.05, 0) is 20.8 Å². The topological polar surface area (TPSA) is 59.8 Å². The molecule has 0 aliphatic rings. The number of aryl methyl sites for hydroxylation is 1. The second-order valence-electron chi connectivity index (χ2n) is 4.30. The smallest absolute Gasteiger partial charge is 0.293 e. The van der Waals surface area contributed by atoms with Crippen molar-refractivity contribution in [2.75, 3.05) is 5.32 Å². The van der Waals surface area contributed by atoms with E-state index in [2.05, 4.69) is 15.3 Å². The summed E-state index contributed by atoms with van der Waals surface area (Å²) in [5, 5.41) is 3.08. The molecule has 0 atom stereocenters. The highest BCUT2D eigenvalue weighted by atomic mass is 32.1. The van der Waals surface area contributed by atoms with Gasteiger partial charge in [0, 0.05) is 23.3 Å². The number of nitrogens with zero attached hydrogens (tertiary/aromatic N) is 3. The molecule has 0 amide bonds. The van der Waals surface area contributed by atoms with Crippen LogP contribution < -0.4 is 10.9 Å². The van der Waals surface area contributed by atoms with E-state index in [1.807, 2.05) is 20.8 Å². The maximum atomic E-state index is 12.1. The Balaban J connectivity index is 2.18. The molecule has 0 aliphatic heterocycles. The molecule has 0 saturated heterocycles. The molecular weight excluding hydrogens is 248 g/mol. The first-order chi connectivity index (χ1) is 8.59. The fourth-order valence-corrected chi connectivity index (χ4v) is 2.33. The Morgan fingerprint density at radius 1 is 1.44 bits per heavy atom. The standard InChI is InChI=1S/C12H16N4OS/c1-8(2)16-5-4-13-11(12(16)17)14-6-10-9(3)15-7-18-10/h4-5,7-8H,6H2,1-3H3,(H,13,14). The van der Waals surface area contributed by atoms with Gasteiger partial charge in [0.2, 0.25) is 0 Å². The van der Waals surface area contributed by atoms with Crippen molar-refractivity contribution < 1.29 is 0 Å². The van der Waals surface area contributed by atoms with Crippen molar-refractivity contribution in [1.29, 1.82) is 0 Å². The van der Waals surface area contributed by atoms with E-state index in [4.69, 9.17) is 0 Å². The second-order valence-corrected chi connectivity index (χ2v) is 5.24. The summed E-state index contributed by atoms with van der Waals surface area (Å²) in [5.41, 5.74) is 2.71. The Morgan fingerprint density at radius 2 is 2.22 bits per heavy atom. The lowest BCUT2D eigenvalue weighted by Crippen LogP contribution is -2.25. The number of rotatable bonds is 4. The zero-order valence-electron chi connectivity index (χ0n) is 10.7. The Bertz CT molecular complexity index is 588. The summed E-state index contributed by atoms with van der Waals surface area (Å²) >= 11 is 1.57. The minimum Gasteiger partial charge on any atom is -0.361 e. The Labute approximate surface area is 110 Å². The van der Waals surface area contributed by atoms with Crippen molar-refractivity contribution in [2.45, 2.75) is 33.4 Å². The van der Waals surface area contributed by atoms with E-state index >= 15 is 0 Å². The van der Waals surface area contributed by atoms with E-state index in [1.54, 1.807) is 33.8 Å². The fourth-order valence-electron chi connectivity index (χ4n) is 1.61. The first-order valence-corrected chi connectivity index (χ1v) is 6.67. The van der Waals surface area contributed by atoms with Gasteiger partial charge in [0.1, 0.15) is 0 Å². The Kier molecular flexibility index (Phi) is 3.76. The summed E-state index contributed by atoms with van der Waals surface area (Å²) in [5.74, 6) is 0.388. The van der Waals surface area contributed by atoms with Crippen LogP contribution in [0.5, 0.6) is 0 Å². The highest BCUT2D eigenvalue weighted by Gasteiger charge is 2.08. The van der Waals surface area contributed by atoms with Gasteiger partial charge in [-0.1, -0.05) is 0 Å². The van der Waals surface area contributed by atoms with Crippen LogP contribution in [-0.2, 0) is 6.54 Å². The van der Waals surface area contributed by atoms with E-state index in [0.717, 1.165) is 10.6 Å². The molecule has 6 heteroatoms. The normalized spacial score (nSPS) is 10.9. The van der Waals surface area contributed by atoms with Gasteiger partial charge >= 0.3 is 0 Å². The predicted molar refractivity (Wildman–Crippen MR) is 73.1 cm³/mol. The summed E-state index contributed by atoms with van der Waals surface area (Å²) in [4.78, 5) is 21.5. The lowest BCUT2D eigenvalue weighted by atomic mass is 10.3. The van der Waals surface area contributed by atoms with Crippen LogP contribution >= 0.6 is 11.3 Å². The van der Waals surface area contributed by atoms with E-state index in [1.165, 1.54) is 0 Å². The first-order valence-electron chi connectivity index (χ1n) is 5.79. The second kappa shape index (κ2) is 5.30. The first kappa shape index (κ1) is 12.8. The van der Waals surface area contributed by atoms with E-state index < -0.39 is 0 Å². The monoisotopic (exact) mass is 264 g/mol. The number of anilines is 1. The molecule has 0 fully saturated rings. The van der Waals surface area contributed by atoms with Gasteiger partial charge in [-0.2, -0.15) is 0 Å². The highest BCUT2D eigenvalue weighted by Crippen LogP contribution is 2.13. The van der Waals surface area contributed by atoms with Crippen LogP contribution in [0.3, 0.4) is 0 Å². The van der Waals surface area contributed by atoms with E-state index in [0.29, 0.717) is 12.4 Å². The van der Waals surface area contributed by atoms with Crippen molar-refractivity contribution in [1.82, 2.24) is 14.5 Å². The van der Waals surface area contributed by atoms with E-state index in [9.17, 15) is 4.79 Å². The van der Waals surface area contributed by atoms with Gasteiger partial charge in [0.05, 0.1) is 17.7 Å². The summed E-state index contributed by atoms with van der Waals surface area (Å²) in [6.07, 6.45) is 3.35. The van der Waals surface area contributed by atoms with Gasteiger partial charge in [-0.15, -0.1) is 11.3 Å². The maximum absolute atomic E-state index is 12.1. The van der Waals surface area contributed by atoms with Crippen LogP contribution in [0.25, 0.3) is 0 Å². The average Bonchev–Trinajstić information content (AvgIpc) is 2.73. The third kappa shape index (κ3) is 2.59. The lowest BCUT2D eigenvalue weighted by Gasteiger charge is -2.11. The van der Waals surface area contributed by atoms with Crippen molar-refractivity contribution in [3.05, 3.63) is 38.8 Å². The predicted octanol–water partition coefficient (Wildman–Crippen LogP) is 2.20. The summed E-state index contributed by atoms with van der Waals surface area (Å²) in [7, 11) is 0. The minimum absolute atomic E-state index is 0.0883. The molecule has 0 radical (unpaired) electrons. The largest absolute Gasteiger partial charge is 0.361 e. The molecule has 2 aromatic rings. The summed E-state index contributed by atoms with van der Waals surface area (Å²) in [6.45, 7) is 6.48. The van der Waals surface area contributed by atoms with Crippen molar-refractivity contribution in [3.8, 4) is 0 Å². The molecule has 0 unspecified atom stereocenters. The van der Waals surface area contributed by atoms with Crippen LogP contribution in [0.2, 0.25) is 0 Å². The molecule has 18 heavy (non-hydrogen) atoms. The van der Waals surface area contributed by atoms with Crippen LogP contribution in [0.15, 0.2) is 22.7 Å². The molecule has 2 heterocycles. The number of hydrogen-bond donors (Lipinski definition) is 1. The number of aromatic nitrogens is 3. The van der Waals surface area contributed by atoms with Crippen LogP contribution in [-0.4, -0.2) is 14.5 Å². The van der Waals surface area contributed by atoms with Crippen molar-refractivity contribution >= 4 is 17.2 Å². The minimum atomic E-state index is -0.0883. The molecule has 2 rings (SSSR count). The quantitative estimate of drug-likeness (QED) is 0.919. The SMILES string of the molecule is Cc1ncsc1CNc1nccn(C(C)C)c1=O. The number of hydrogen-bond acceptors (Lipinski definition) is 5. The van der Waals surface area contributed by atoms with Crippen molar-refractivity contribution in [3.63, 3.8) is 0 Å². The Hall–Kier alpha value is -1.69. The molecular formula is C12H16N4OS. The van der Waals surface area contributed by atoms with Crippen molar-refractivity contribution in [2.24, 2.45) is 0 Å². The van der Waals surface area contributed by atoms with Crippen LogP contribution in [0, 0.1) is 6.92 Å². The molecule has 2 aromatic heterocycles. The molecule has 0 bridgehead atoms. The van der Waals surface area contributed by atoms with Crippen LogP contribution in [0.4, 0.5) is 5.82 Å². The highest BCUT2D eigenvalue weighted by molar-refractivity contribution is 7.09. The third-order valence-corrected chi connectivity index (χ3v) is 3.62. The molecule has 0 saturated carbocycles. The van der Waals surface area contributed by atoms with Gasteiger partial charge in [0.15, 0.2) is 5.82 Å². The lowest BCUT2D eigenvalue weighted by molar-refractivity contribution is 0.575. The summed E-state index contributed by atoms with van der Waals surface area (Å²) in [6, 6.07) is 0.131. The summed E-state index contributed by atoms with van der Waals surface area (Å²) < 4.78 is 1.66. The molecule has 96 valence electrons. The number of thiazole rings is 1.